The van der Waals surface area contributed by atoms with Crippen LogP contribution in [-0.2, 0) is 0 Å². The van der Waals surface area contributed by atoms with E-state index in [2.05, 4.69) is 80.8 Å². The van der Waals surface area contributed by atoms with Gasteiger partial charge in [-0.3, -0.25) is 0 Å². The highest BCUT2D eigenvalue weighted by Gasteiger charge is 2.58. The Kier molecular flexibility index (Phi) is 5.96. The van der Waals surface area contributed by atoms with Crippen LogP contribution in [0.1, 0.15) is 40.5 Å². The summed E-state index contributed by atoms with van der Waals surface area (Å²) in [6, 6.07) is 0. The lowest BCUT2D eigenvalue weighted by molar-refractivity contribution is 0.380. The van der Waals surface area contributed by atoms with E-state index in [4.69, 9.17) is 0 Å². The van der Waals surface area contributed by atoms with Crippen LogP contribution in [0.2, 0.25) is 0 Å². The summed E-state index contributed by atoms with van der Waals surface area (Å²) in [5.74, 6) is 7.47. The Balaban J connectivity index is 2.03. The van der Waals surface area contributed by atoms with Gasteiger partial charge in [0, 0.05) is 10.2 Å². The lowest BCUT2D eigenvalue weighted by Gasteiger charge is -2.57. The molecular weight excluding hydrogens is 344 g/mol. The van der Waals surface area contributed by atoms with Crippen LogP contribution in [0.3, 0.4) is 0 Å². The molecule has 0 aromatic heterocycles. The smallest absolute Gasteiger partial charge is 0.0931 e. The number of rotatable bonds is 2. The zero-order valence-electron chi connectivity index (χ0n) is 14.2. The van der Waals surface area contributed by atoms with Crippen LogP contribution in [-0.4, -0.2) is 27.1 Å². The lowest BCUT2D eigenvalue weighted by Crippen LogP contribution is -2.51. The van der Waals surface area contributed by atoms with Crippen molar-refractivity contribution in [1.29, 1.82) is 0 Å². The second kappa shape index (κ2) is 7.41. The van der Waals surface area contributed by atoms with Gasteiger partial charge in [0.15, 0.2) is 0 Å². The van der Waals surface area contributed by atoms with Crippen LogP contribution in [0.15, 0.2) is 21.5 Å². The Hall–Kier alpha value is 0.880. The van der Waals surface area contributed by atoms with Crippen molar-refractivity contribution in [3.8, 4) is 0 Å². The molecule has 1 aliphatic carbocycles. The molecule has 1 spiro atoms. The van der Waals surface area contributed by atoms with E-state index in [1.807, 2.05) is 0 Å². The fourth-order valence-corrected chi connectivity index (χ4v) is 10.4. The minimum atomic E-state index is 0.373. The minimum Gasteiger partial charge on any atom is -0.139 e. The maximum atomic E-state index is 2.59. The zero-order chi connectivity index (χ0) is 15.7. The third-order valence-corrected chi connectivity index (χ3v) is 10.6. The zero-order valence-corrected chi connectivity index (χ0v) is 17.5. The predicted molar refractivity (Wildman–Crippen MR) is 110 cm³/mol. The average Bonchev–Trinajstić information content (AvgIpc) is 2.51. The molecule has 0 aromatic rings. The highest BCUT2D eigenvalue weighted by molar-refractivity contribution is 8.23. The van der Waals surface area contributed by atoms with Crippen molar-refractivity contribution >= 4 is 47.0 Å². The van der Waals surface area contributed by atoms with Crippen molar-refractivity contribution in [1.82, 2.24) is 0 Å². The van der Waals surface area contributed by atoms with Crippen molar-refractivity contribution in [2.24, 2.45) is 17.8 Å². The van der Waals surface area contributed by atoms with Crippen LogP contribution < -0.4 is 0 Å². The summed E-state index contributed by atoms with van der Waals surface area (Å²) < 4.78 is 2.03. The number of thioether (sulfide) groups is 4. The summed E-state index contributed by atoms with van der Waals surface area (Å²) in [6.45, 7) is 9.55. The van der Waals surface area contributed by atoms with Gasteiger partial charge < -0.3 is 0 Å². The molecule has 3 rings (SSSR count). The van der Waals surface area contributed by atoms with Gasteiger partial charge in [0.05, 0.1) is 4.08 Å². The molecular formula is C18H28S4. The Morgan fingerprint density at radius 1 is 0.955 bits per heavy atom. The molecule has 2 aliphatic heterocycles. The molecule has 4 heteroatoms. The first-order chi connectivity index (χ1) is 10.6. The topological polar surface area (TPSA) is 0 Å². The van der Waals surface area contributed by atoms with Gasteiger partial charge in [0.2, 0.25) is 0 Å². The maximum Gasteiger partial charge on any atom is 0.0931 e. The minimum absolute atomic E-state index is 0.373. The molecule has 2 heterocycles. The van der Waals surface area contributed by atoms with Gasteiger partial charge >= 0.3 is 0 Å². The third kappa shape index (κ3) is 3.19. The molecule has 3 fully saturated rings. The molecule has 0 N–H and O–H groups in total. The van der Waals surface area contributed by atoms with E-state index in [9.17, 15) is 0 Å². The summed E-state index contributed by atoms with van der Waals surface area (Å²) in [5, 5.41) is 0. The first-order valence-electron chi connectivity index (χ1n) is 8.56. The van der Waals surface area contributed by atoms with Crippen LogP contribution in [0.5, 0.6) is 0 Å². The molecule has 0 bridgehead atoms. The molecule has 0 nitrogen and oxygen atoms in total. The van der Waals surface area contributed by atoms with E-state index in [-0.39, 0.29) is 0 Å². The summed E-state index contributed by atoms with van der Waals surface area (Å²) >= 11 is 8.76. The van der Waals surface area contributed by atoms with Gasteiger partial charge in [0.1, 0.15) is 0 Å². The normalized spacial score (nSPS) is 30.5. The first-order valence-corrected chi connectivity index (χ1v) is 12.5. The van der Waals surface area contributed by atoms with Gasteiger partial charge in [0.25, 0.3) is 0 Å². The Labute approximate surface area is 153 Å². The fraction of sp³-hybridized carbons (Fsp3) is 0.778. The maximum absolute atomic E-state index is 2.59. The van der Waals surface area contributed by atoms with Gasteiger partial charge in [-0.25, -0.2) is 0 Å². The third-order valence-electron chi connectivity index (χ3n) is 4.45. The largest absolute Gasteiger partial charge is 0.139 e. The molecule has 3 aliphatic rings. The van der Waals surface area contributed by atoms with Crippen molar-refractivity contribution in [3.63, 3.8) is 0 Å². The van der Waals surface area contributed by atoms with E-state index in [1.54, 1.807) is 15.4 Å². The first kappa shape index (κ1) is 17.7. The molecule has 1 atom stereocenters. The van der Waals surface area contributed by atoms with Gasteiger partial charge in [-0.15, -0.1) is 47.0 Å². The van der Waals surface area contributed by atoms with Crippen LogP contribution in [0, 0.1) is 17.8 Å². The molecule has 0 radical (unpaired) electrons. The fourth-order valence-electron chi connectivity index (χ4n) is 3.65. The molecule has 22 heavy (non-hydrogen) atoms. The van der Waals surface area contributed by atoms with Crippen LogP contribution in [0.25, 0.3) is 0 Å². The summed E-state index contributed by atoms with van der Waals surface area (Å²) in [6.07, 6.45) is 5.34. The van der Waals surface area contributed by atoms with E-state index >= 15 is 0 Å². The molecule has 1 saturated carbocycles. The van der Waals surface area contributed by atoms with Gasteiger partial charge in [-0.2, -0.15) is 0 Å². The van der Waals surface area contributed by atoms with E-state index in [0.29, 0.717) is 10.00 Å². The predicted octanol–water partition coefficient (Wildman–Crippen LogP) is 6.50. The summed E-state index contributed by atoms with van der Waals surface area (Å²) in [4.78, 5) is 0. The van der Waals surface area contributed by atoms with Crippen molar-refractivity contribution < 1.29 is 0 Å². The number of hydrogen-bond donors (Lipinski definition) is 0. The second-order valence-corrected chi connectivity index (χ2v) is 12.4. The monoisotopic (exact) mass is 372 g/mol. The molecule has 0 amide bonds. The number of allylic oxidation sites excluding steroid dienone is 2. The van der Waals surface area contributed by atoms with Crippen LogP contribution >= 0.6 is 47.0 Å². The van der Waals surface area contributed by atoms with Crippen molar-refractivity contribution in [3.05, 3.63) is 21.5 Å². The summed E-state index contributed by atoms with van der Waals surface area (Å²) in [5.41, 5.74) is 3.44. The highest BCUT2D eigenvalue weighted by Crippen LogP contribution is 2.69. The van der Waals surface area contributed by atoms with E-state index in [0.717, 1.165) is 11.8 Å². The molecule has 1 unspecified atom stereocenters. The molecule has 0 aromatic carbocycles. The van der Waals surface area contributed by atoms with Gasteiger partial charge in [-0.05, 0) is 58.8 Å². The van der Waals surface area contributed by atoms with Crippen LogP contribution in [0.4, 0.5) is 0 Å². The number of hydrogen-bond acceptors (Lipinski definition) is 4. The van der Waals surface area contributed by atoms with Crippen molar-refractivity contribution in [2.75, 3.05) is 23.0 Å². The van der Waals surface area contributed by atoms with E-state index in [1.165, 1.54) is 35.9 Å². The highest BCUT2D eigenvalue weighted by atomic mass is 32.2. The Morgan fingerprint density at radius 3 is 2.09 bits per heavy atom. The quantitative estimate of drug-likeness (QED) is 0.542. The second-order valence-electron chi connectivity index (χ2n) is 7.02. The van der Waals surface area contributed by atoms with Crippen molar-refractivity contribution in [2.45, 2.75) is 44.6 Å². The standard InChI is InChI=1S/C18H28S4/c1-12(2)11-14-15(17-19-7-5-8-20-17)16(13(3)4)18(14)21-9-6-10-22-18/h11-13,16H,5-10H2,1-4H3/b14-11-. The summed E-state index contributed by atoms with van der Waals surface area (Å²) in [7, 11) is 0. The average molecular weight is 373 g/mol. The molecule has 124 valence electrons. The molecule has 2 saturated heterocycles. The van der Waals surface area contributed by atoms with Gasteiger partial charge in [-0.1, -0.05) is 33.8 Å². The van der Waals surface area contributed by atoms with E-state index < -0.39 is 0 Å². The Morgan fingerprint density at radius 2 is 1.55 bits per heavy atom. The SMILES string of the molecule is CC(C)/C=C1/C(=C2SCCCS2)C(C(C)C)C12SCCCS2. The lowest BCUT2D eigenvalue weighted by atomic mass is 9.67. The Bertz CT molecular complexity index is 461.